The van der Waals surface area contributed by atoms with Crippen LogP contribution in [0.15, 0.2) is 18.2 Å². The summed E-state index contributed by atoms with van der Waals surface area (Å²) in [6.45, 7) is 0. The summed E-state index contributed by atoms with van der Waals surface area (Å²) in [4.78, 5) is 11.0. The Morgan fingerprint density at radius 1 is 1.31 bits per heavy atom. The monoisotopic (exact) mass is 254 g/mol. The first-order valence-electron chi connectivity index (χ1n) is 4.31. The molecular formula is C10H7ClF4O. The molecule has 0 radical (unpaired) electrons. The van der Waals surface area contributed by atoms with Crippen molar-refractivity contribution in [2.45, 2.75) is 19.0 Å². The van der Waals surface area contributed by atoms with Gasteiger partial charge < -0.3 is 0 Å². The fourth-order valence-electron chi connectivity index (χ4n) is 1.18. The van der Waals surface area contributed by atoms with Crippen molar-refractivity contribution in [3.8, 4) is 0 Å². The number of carbonyl (C=O) groups excluding carboxylic acids is 1. The lowest BCUT2D eigenvalue weighted by atomic mass is 10.1. The quantitative estimate of drug-likeness (QED) is 0.754. The Balaban J connectivity index is 2.74. The molecule has 0 amide bonds. The van der Waals surface area contributed by atoms with E-state index in [-0.39, 0.29) is 10.6 Å². The Hall–Kier alpha value is -1.10. The van der Waals surface area contributed by atoms with E-state index in [0.717, 1.165) is 0 Å². The fraction of sp³-hybridized carbons (Fsp3) is 0.300. The number of carbonyl (C=O) groups is 1. The molecule has 0 spiro atoms. The van der Waals surface area contributed by atoms with E-state index in [1.165, 1.54) is 18.2 Å². The van der Waals surface area contributed by atoms with Crippen LogP contribution in [0.5, 0.6) is 0 Å². The van der Waals surface area contributed by atoms with Crippen molar-refractivity contribution >= 4 is 17.4 Å². The Morgan fingerprint density at radius 2 is 1.94 bits per heavy atom. The minimum Gasteiger partial charge on any atom is -0.299 e. The molecule has 0 fully saturated rings. The van der Waals surface area contributed by atoms with E-state index in [1.807, 2.05) is 0 Å². The number of hydrogen-bond acceptors (Lipinski definition) is 1. The summed E-state index contributed by atoms with van der Waals surface area (Å²) in [7, 11) is 0. The number of rotatable bonds is 3. The molecule has 0 bridgehead atoms. The van der Waals surface area contributed by atoms with Crippen molar-refractivity contribution in [1.29, 1.82) is 0 Å². The first-order valence-corrected chi connectivity index (χ1v) is 4.69. The minimum atomic E-state index is -4.56. The van der Waals surface area contributed by atoms with Crippen LogP contribution in [-0.2, 0) is 11.2 Å². The lowest BCUT2D eigenvalue weighted by Crippen LogP contribution is -2.16. The molecule has 0 aliphatic rings. The number of Topliss-reactive ketones (excluding diaryl/α,β-unsaturated/α-hetero) is 1. The Labute approximate surface area is 94.0 Å². The molecule has 0 heterocycles. The third kappa shape index (κ3) is 3.81. The third-order valence-corrected chi connectivity index (χ3v) is 2.11. The zero-order chi connectivity index (χ0) is 12.3. The van der Waals surface area contributed by atoms with Crippen molar-refractivity contribution < 1.29 is 22.4 Å². The molecule has 16 heavy (non-hydrogen) atoms. The van der Waals surface area contributed by atoms with E-state index in [0.29, 0.717) is 0 Å². The van der Waals surface area contributed by atoms with Gasteiger partial charge in [-0.1, -0.05) is 23.7 Å². The smallest absolute Gasteiger partial charge is 0.299 e. The summed E-state index contributed by atoms with van der Waals surface area (Å²) in [5.74, 6) is -1.94. The van der Waals surface area contributed by atoms with Gasteiger partial charge in [0, 0.05) is 6.42 Å². The number of alkyl halides is 3. The van der Waals surface area contributed by atoms with Crippen LogP contribution in [0, 0.1) is 5.82 Å². The molecule has 0 aliphatic carbocycles. The molecule has 1 nitrogen and oxygen atoms in total. The number of benzene rings is 1. The maximum Gasteiger partial charge on any atom is 0.395 e. The van der Waals surface area contributed by atoms with Crippen molar-refractivity contribution in [1.82, 2.24) is 0 Å². The Morgan fingerprint density at radius 3 is 2.50 bits per heavy atom. The Kier molecular flexibility index (Phi) is 3.91. The minimum absolute atomic E-state index is 0.123. The van der Waals surface area contributed by atoms with Crippen LogP contribution >= 0.6 is 11.6 Å². The van der Waals surface area contributed by atoms with Crippen LogP contribution in [0.25, 0.3) is 0 Å². The van der Waals surface area contributed by atoms with Crippen LogP contribution in [-0.4, -0.2) is 12.0 Å². The van der Waals surface area contributed by atoms with Gasteiger partial charge in [0.25, 0.3) is 0 Å². The van der Waals surface area contributed by atoms with Gasteiger partial charge in [-0.15, -0.1) is 0 Å². The summed E-state index contributed by atoms with van der Waals surface area (Å²) in [5.41, 5.74) is -0.123. The van der Waals surface area contributed by atoms with Crippen molar-refractivity contribution in [3.63, 3.8) is 0 Å². The number of ketones is 1. The maximum absolute atomic E-state index is 13.2. The molecular weight excluding hydrogens is 248 g/mol. The van der Waals surface area contributed by atoms with Crippen LogP contribution in [0.1, 0.15) is 12.0 Å². The van der Waals surface area contributed by atoms with Gasteiger partial charge in [0.1, 0.15) is 18.0 Å². The molecule has 6 heteroatoms. The van der Waals surface area contributed by atoms with E-state index < -0.39 is 30.6 Å². The Bertz CT molecular complexity index is 400. The SMILES string of the molecule is O=C(Cc1cccc(Cl)c1F)CC(F)(F)F. The normalized spacial score (nSPS) is 11.6. The van der Waals surface area contributed by atoms with Crippen molar-refractivity contribution in [3.05, 3.63) is 34.6 Å². The standard InChI is InChI=1S/C10H7ClF4O/c11-8-3-1-2-6(9(8)12)4-7(16)5-10(13,14)15/h1-3H,4-5H2. The molecule has 0 aliphatic heterocycles. The van der Waals surface area contributed by atoms with Crippen molar-refractivity contribution in [2.24, 2.45) is 0 Å². The molecule has 0 saturated carbocycles. The van der Waals surface area contributed by atoms with Crippen LogP contribution < -0.4 is 0 Å². The summed E-state index contributed by atoms with van der Waals surface area (Å²) < 4.78 is 48.8. The van der Waals surface area contributed by atoms with Gasteiger partial charge in [0.05, 0.1) is 5.02 Å². The molecule has 1 rings (SSSR count). The van der Waals surface area contributed by atoms with Gasteiger partial charge in [-0.2, -0.15) is 13.2 Å². The average molecular weight is 255 g/mol. The second-order valence-electron chi connectivity index (χ2n) is 3.22. The summed E-state index contributed by atoms with van der Waals surface area (Å²) in [6.07, 6.45) is -6.73. The molecule has 1 aromatic carbocycles. The molecule has 0 aromatic heterocycles. The summed E-state index contributed by atoms with van der Waals surface area (Å²) in [5, 5.41) is -0.211. The lowest BCUT2D eigenvalue weighted by molar-refractivity contribution is -0.151. The van der Waals surface area contributed by atoms with Crippen LogP contribution in [0.4, 0.5) is 17.6 Å². The van der Waals surface area contributed by atoms with E-state index >= 15 is 0 Å². The topological polar surface area (TPSA) is 17.1 Å². The molecule has 0 atom stereocenters. The van der Waals surface area contributed by atoms with E-state index in [2.05, 4.69) is 0 Å². The highest BCUT2D eigenvalue weighted by Crippen LogP contribution is 2.23. The van der Waals surface area contributed by atoms with Gasteiger partial charge in [0.15, 0.2) is 0 Å². The molecule has 88 valence electrons. The highest BCUT2D eigenvalue weighted by Gasteiger charge is 2.31. The maximum atomic E-state index is 13.2. The largest absolute Gasteiger partial charge is 0.395 e. The fourth-order valence-corrected chi connectivity index (χ4v) is 1.38. The van der Waals surface area contributed by atoms with Gasteiger partial charge in [-0.25, -0.2) is 4.39 Å². The second-order valence-corrected chi connectivity index (χ2v) is 3.63. The molecule has 0 unspecified atom stereocenters. The van der Waals surface area contributed by atoms with Gasteiger partial charge >= 0.3 is 6.18 Å². The zero-order valence-electron chi connectivity index (χ0n) is 7.94. The third-order valence-electron chi connectivity index (χ3n) is 1.82. The van der Waals surface area contributed by atoms with E-state index in [9.17, 15) is 22.4 Å². The zero-order valence-corrected chi connectivity index (χ0v) is 8.70. The molecule has 0 saturated heterocycles. The highest BCUT2D eigenvalue weighted by atomic mass is 35.5. The van der Waals surface area contributed by atoms with Crippen LogP contribution in [0.3, 0.4) is 0 Å². The van der Waals surface area contributed by atoms with Gasteiger partial charge in [-0.05, 0) is 11.6 Å². The summed E-state index contributed by atoms with van der Waals surface area (Å²) >= 11 is 5.42. The summed E-state index contributed by atoms with van der Waals surface area (Å²) in [6, 6.07) is 3.87. The molecule has 1 aromatic rings. The van der Waals surface area contributed by atoms with Crippen molar-refractivity contribution in [2.75, 3.05) is 0 Å². The number of halogens is 5. The first kappa shape index (κ1) is 13.0. The number of hydrogen-bond donors (Lipinski definition) is 0. The first-order chi connectivity index (χ1) is 7.29. The van der Waals surface area contributed by atoms with E-state index in [1.54, 1.807) is 0 Å². The predicted octanol–water partition coefficient (Wildman–Crippen LogP) is 3.54. The second kappa shape index (κ2) is 4.82. The van der Waals surface area contributed by atoms with E-state index in [4.69, 9.17) is 11.6 Å². The van der Waals surface area contributed by atoms with Gasteiger partial charge in [0.2, 0.25) is 0 Å². The highest BCUT2D eigenvalue weighted by molar-refractivity contribution is 6.30. The predicted molar refractivity (Wildman–Crippen MR) is 50.8 cm³/mol. The van der Waals surface area contributed by atoms with Gasteiger partial charge in [-0.3, -0.25) is 4.79 Å². The lowest BCUT2D eigenvalue weighted by Gasteiger charge is -2.06. The molecule has 0 N–H and O–H groups in total. The van der Waals surface area contributed by atoms with Crippen LogP contribution in [0.2, 0.25) is 5.02 Å². The average Bonchev–Trinajstić information content (AvgIpc) is 2.09.